The summed E-state index contributed by atoms with van der Waals surface area (Å²) in [4.78, 5) is 12.9. The molecular formula is C11H12ClF2NO. The maximum absolute atomic E-state index is 13.3. The predicted octanol–water partition coefficient (Wildman–Crippen LogP) is 2.66. The van der Waals surface area contributed by atoms with Gasteiger partial charge in [-0.15, -0.1) is 11.6 Å². The fourth-order valence-electron chi connectivity index (χ4n) is 1.35. The molecule has 0 saturated heterocycles. The summed E-state index contributed by atoms with van der Waals surface area (Å²) in [6.45, 7) is 1.93. The van der Waals surface area contributed by atoms with Crippen molar-refractivity contribution >= 4 is 17.5 Å². The maximum Gasteiger partial charge on any atom is 0.259 e. The monoisotopic (exact) mass is 247 g/mol. The second-order valence-corrected chi connectivity index (χ2v) is 4.31. The number of hydrogen-bond donors (Lipinski definition) is 0. The van der Waals surface area contributed by atoms with Crippen LogP contribution >= 0.6 is 11.6 Å². The summed E-state index contributed by atoms with van der Waals surface area (Å²) in [7, 11) is 1.45. The number of halogens is 3. The molecule has 1 aromatic rings. The van der Waals surface area contributed by atoms with E-state index < -0.39 is 23.1 Å². The minimum Gasteiger partial charge on any atom is -0.340 e. The fourth-order valence-corrected chi connectivity index (χ4v) is 1.56. The van der Waals surface area contributed by atoms with Crippen molar-refractivity contribution in [2.45, 2.75) is 12.3 Å². The van der Waals surface area contributed by atoms with E-state index in [4.69, 9.17) is 11.6 Å². The van der Waals surface area contributed by atoms with Crippen LogP contribution in [0, 0.1) is 11.6 Å². The Morgan fingerprint density at radius 1 is 1.44 bits per heavy atom. The highest BCUT2D eigenvalue weighted by molar-refractivity contribution is 6.20. The summed E-state index contributed by atoms with van der Waals surface area (Å²) in [5, 5.41) is -0.274. The zero-order chi connectivity index (χ0) is 12.3. The predicted molar refractivity (Wildman–Crippen MR) is 58.6 cm³/mol. The highest BCUT2D eigenvalue weighted by Crippen LogP contribution is 2.14. The Kier molecular flexibility index (Phi) is 4.24. The first kappa shape index (κ1) is 12.9. The van der Waals surface area contributed by atoms with Crippen LogP contribution in [-0.4, -0.2) is 29.8 Å². The molecule has 0 fully saturated rings. The van der Waals surface area contributed by atoms with Crippen molar-refractivity contribution in [2.24, 2.45) is 0 Å². The second-order valence-electron chi connectivity index (χ2n) is 3.56. The third kappa shape index (κ3) is 2.92. The Morgan fingerprint density at radius 2 is 1.94 bits per heavy atom. The van der Waals surface area contributed by atoms with Crippen LogP contribution in [0.2, 0.25) is 0 Å². The van der Waals surface area contributed by atoms with Crippen LogP contribution in [0.3, 0.4) is 0 Å². The van der Waals surface area contributed by atoms with Gasteiger partial charge in [0.05, 0.1) is 0 Å². The van der Waals surface area contributed by atoms with E-state index in [0.717, 1.165) is 12.1 Å². The van der Waals surface area contributed by atoms with Gasteiger partial charge in [0.25, 0.3) is 5.91 Å². The van der Waals surface area contributed by atoms with Crippen LogP contribution in [-0.2, 0) is 0 Å². The van der Waals surface area contributed by atoms with Crippen LogP contribution in [0.1, 0.15) is 17.3 Å². The molecule has 1 unspecified atom stereocenters. The average Bonchev–Trinajstić information content (AvgIpc) is 2.16. The van der Waals surface area contributed by atoms with Crippen molar-refractivity contribution in [1.29, 1.82) is 0 Å². The van der Waals surface area contributed by atoms with Gasteiger partial charge in [0.15, 0.2) is 0 Å². The summed E-state index contributed by atoms with van der Waals surface area (Å²) in [6.07, 6.45) is 0. The Morgan fingerprint density at radius 3 is 2.38 bits per heavy atom. The van der Waals surface area contributed by atoms with Gasteiger partial charge in [0, 0.05) is 19.0 Å². The summed E-state index contributed by atoms with van der Waals surface area (Å²) < 4.78 is 26.6. The molecule has 0 saturated carbocycles. The van der Waals surface area contributed by atoms with Gasteiger partial charge < -0.3 is 4.90 Å². The first-order chi connectivity index (χ1) is 7.43. The van der Waals surface area contributed by atoms with Gasteiger partial charge in [-0.3, -0.25) is 4.79 Å². The normalized spacial score (nSPS) is 12.3. The largest absolute Gasteiger partial charge is 0.340 e. The van der Waals surface area contributed by atoms with Gasteiger partial charge in [-0.25, -0.2) is 8.78 Å². The van der Waals surface area contributed by atoms with Crippen molar-refractivity contribution in [2.75, 3.05) is 13.6 Å². The Balaban J connectivity index is 2.96. The molecule has 1 atom stereocenters. The van der Waals surface area contributed by atoms with Crippen LogP contribution in [0.25, 0.3) is 0 Å². The highest BCUT2D eigenvalue weighted by atomic mass is 35.5. The molecule has 0 radical (unpaired) electrons. The Bertz CT molecular complexity index is 375. The lowest BCUT2D eigenvalue weighted by atomic mass is 10.1. The lowest BCUT2D eigenvalue weighted by Gasteiger charge is -2.18. The fraction of sp³-hybridized carbons (Fsp3) is 0.364. The SMILES string of the molecule is CC(Cl)CN(C)C(=O)c1c(F)cccc1F. The van der Waals surface area contributed by atoms with Crippen molar-refractivity contribution in [1.82, 2.24) is 4.90 Å². The molecule has 0 heterocycles. The first-order valence-electron chi connectivity index (χ1n) is 4.77. The summed E-state index contributed by atoms with van der Waals surface area (Å²) in [5.74, 6) is -2.43. The first-order valence-corrected chi connectivity index (χ1v) is 5.20. The molecular weight excluding hydrogens is 236 g/mol. The van der Waals surface area contributed by atoms with Gasteiger partial charge in [-0.2, -0.15) is 0 Å². The second kappa shape index (κ2) is 5.25. The van der Waals surface area contributed by atoms with E-state index in [-0.39, 0.29) is 11.9 Å². The Hall–Kier alpha value is -1.16. The lowest BCUT2D eigenvalue weighted by Crippen LogP contribution is -2.32. The molecule has 2 nitrogen and oxygen atoms in total. The summed E-state index contributed by atoms with van der Waals surface area (Å²) in [6, 6.07) is 3.31. The van der Waals surface area contributed by atoms with E-state index in [2.05, 4.69) is 0 Å². The van der Waals surface area contributed by atoms with Gasteiger partial charge in [-0.1, -0.05) is 6.07 Å². The number of carbonyl (C=O) groups is 1. The third-order valence-electron chi connectivity index (χ3n) is 2.05. The molecule has 0 N–H and O–H groups in total. The zero-order valence-corrected chi connectivity index (χ0v) is 9.76. The molecule has 0 aliphatic carbocycles. The Labute approximate surface area is 97.8 Å². The number of rotatable bonds is 3. The van der Waals surface area contributed by atoms with Gasteiger partial charge in [0.2, 0.25) is 0 Å². The maximum atomic E-state index is 13.3. The number of alkyl halides is 1. The van der Waals surface area contributed by atoms with Gasteiger partial charge in [-0.05, 0) is 19.1 Å². The topological polar surface area (TPSA) is 20.3 Å². The lowest BCUT2D eigenvalue weighted by molar-refractivity contribution is 0.0786. The molecule has 0 aliphatic heterocycles. The van der Waals surface area contributed by atoms with Gasteiger partial charge in [0.1, 0.15) is 17.2 Å². The molecule has 5 heteroatoms. The molecule has 0 aliphatic rings. The van der Waals surface area contributed by atoms with E-state index in [9.17, 15) is 13.6 Å². The molecule has 88 valence electrons. The summed E-state index contributed by atoms with van der Waals surface area (Å²) in [5.41, 5.74) is -0.540. The van der Waals surface area contributed by atoms with Crippen LogP contribution in [0.15, 0.2) is 18.2 Å². The molecule has 1 amide bonds. The molecule has 0 bridgehead atoms. The molecule has 0 spiro atoms. The minimum absolute atomic E-state index is 0.230. The van der Waals surface area contributed by atoms with Crippen molar-refractivity contribution in [3.8, 4) is 0 Å². The quantitative estimate of drug-likeness (QED) is 0.752. The van der Waals surface area contributed by atoms with Crippen molar-refractivity contribution in [3.05, 3.63) is 35.4 Å². The van der Waals surface area contributed by atoms with E-state index >= 15 is 0 Å². The standard InChI is InChI=1S/C11H12ClF2NO/c1-7(12)6-15(2)11(16)10-8(13)4-3-5-9(10)14/h3-5,7H,6H2,1-2H3. The van der Waals surface area contributed by atoms with E-state index in [1.165, 1.54) is 18.0 Å². The molecule has 0 aromatic heterocycles. The van der Waals surface area contributed by atoms with Crippen LogP contribution < -0.4 is 0 Å². The van der Waals surface area contributed by atoms with Crippen LogP contribution in [0.5, 0.6) is 0 Å². The van der Waals surface area contributed by atoms with E-state index in [1.807, 2.05) is 0 Å². The van der Waals surface area contributed by atoms with Crippen molar-refractivity contribution in [3.63, 3.8) is 0 Å². The number of carbonyl (C=O) groups excluding carboxylic acids is 1. The van der Waals surface area contributed by atoms with Gasteiger partial charge >= 0.3 is 0 Å². The number of benzene rings is 1. The zero-order valence-electron chi connectivity index (χ0n) is 9.01. The minimum atomic E-state index is -0.862. The number of amides is 1. The third-order valence-corrected chi connectivity index (χ3v) is 2.19. The van der Waals surface area contributed by atoms with Crippen molar-refractivity contribution < 1.29 is 13.6 Å². The molecule has 1 rings (SSSR count). The summed E-state index contributed by atoms with van der Waals surface area (Å²) >= 11 is 5.70. The van der Waals surface area contributed by atoms with Crippen LogP contribution in [0.4, 0.5) is 8.78 Å². The number of nitrogens with zero attached hydrogens (tertiary/aromatic N) is 1. The highest BCUT2D eigenvalue weighted by Gasteiger charge is 2.21. The molecule has 1 aromatic carbocycles. The number of hydrogen-bond acceptors (Lipinski definition) is 1. The average molecular weight is 248 g/mol. The van der Waals surface area contributed by atoms with E-state index in [1.54, 1.807) is 6.92 Å². The van der Waals surface area contributed by atoms with E-state index in [0.29, 0.717) is 0 Å². The molecule has 16 heavy (non-hydrogen) atoms. The smallest absolute Gasteiger partial charge is 0.259 e.